The molecule has 1 aliphatic rings. The number of amides is 2. The predicted molar refractivity (Wildman–Crippen MR) is 109 cm³/mol. The summed E-state index contributed by atoms with van der Waals surface area (Å²) in [5.41, 5.74) is 0.918. The molecule has 0 fully saturated rings. The standard InChI is InChI=1S/C20H16F3N5O2S/c21-20(22,23)16-10-17(29)25-14-8-4-5-9-15(14)28(16)18(30)11-31-19-26-24-12-27(19)13-6-2-1-3-7-13/h1-9,12,16H,10-11H2,(H,25,29)/t16-/m0/s1. The van der Waals surface area contributed by atoms with Crippen molar-refractivity contribution in [2.75, 3.05) is 16.0 Å². The summed E-state index contributed by atoms with van der Waals surface area (Å²) in [6, 6.07) is 12.8. The molecule has 0 radical (unpaired) electrons. The number of alkyl halides is 3. The van der Waals surface area contributed by atoms with Crippen LogP contribution in [0, 0.1) is 0 Å². The van der Waals surface area contributed by atoms with Gasteiger partial charge in [-0.2, -0.15) is 13.2 Å². The van der Waals surface area contributed by atoms with Gasteiger partial charge in [0.05, 0.1) is 23.5 Å². The fourth-order valence-electron chi connectivity index (χ4n) is 3.28. The molecular weight excluding hydrogens is 431 g/mol. The number of anilines is 2. The molecule has 7 nitrogen and oxygen atoms in total. The largest absolute Gasteiger partial charge is 0.409 e. The van der Waals surface area contributed by atoms with Crippen LogP contribution in [0.3, 0.4) is 0 Å². The zero-order valence-electron chi connectivity index (χ0n) is 15.9. The molecule has 160 valence electrons. The van der Waals surface area contributed by atoms with E-state index in [9.17, 15) is 22.8 Å². The summed E-state index contributed by atoms with van der Waals surface area (Å²) in [7, 11) is 0. The number of para-hydroxylation sites is 3. The zero-order valence-corrected chi connectivity index (χ0v) is 16.7. The molecular formula is C20H16F3N5O2S. The summed E-state index contributed by atoms with van der Waals surface area (Å²) in [6.07, 6.45) is -4.20. The molecule has 1 aromatic heterocycles. The van der Waals surface area contributed by atoms with Crippen LogP contribution in [0.2, 0.25) is 0 Å². The second-order valence-electron chi connectivity index (χ2n) is 6.70. The normalized spacial score (nSPS) is 16.4. The monoisotopic (exact) mass is 447 g/mol. The first-order valence-corrected chi connectivity index (χ1v) is 10.2. The number of carbonyl (C=O) groups is 2. The van der Waals surface area contributed by atoms with E-state index in [-0.39, 0.29) is 17.1 Å². The van der Waals surface area contributed by atoms with E-state index in [0.29, 0.717) is 10.1 Å². The van der Waals surface area contributed by atoms with Crippen molar-refractivity contribution >= 4 is 35.0 Å². The first-order valence-electron chi connectivity index (χ1n) is 9.20. The van der Waals surface area contributed by atoms with Crippen LogP contribution < -0.4 is 10.2 Å². The molecule has 0 bridgehead atoms. The minimum atomic E-state index is -4.78. The molecule has 1 aliphatic heterocycles. The Balaban J connectivity index is 1.62. The van der Waals surface area contributed by atoms with Gasteiger partial charge in [-0.25, -0.2) is 0 Å². The maximum Gasteiger partial charge on any atom is 0.409 e. The van der Waals surface area contributed by atoms with Crippen LogP contribution in [0.4, 0.5) is 24.5 Å². The Hall–Kier alpha value is -3.34. The Morgan fingerprint density at radius 2 is 1.84 bits per heavy atom. The average Bonchev–Trinajstić information content (AvgIpc) is 3.15. The minimum absolute atomic E-state index is 0.00537. The molecule has 0 saturated heterocycles. The number of rotatable bonds is 4. The lowest BCUT2D eigenvalue weighted by atomic mass is 10.1. The molecule has 4 rings (SSSR count). The lowest BCUT2D eigenvalue weighted by Crippen LogP contribution is -2.50. The van der Waals surface area contributed by atoms with Gasteiger partial charge in [0.25, 0.3) is 0 Å². The van der Waals surface area contributed by atoms with E-state index >= 15 is 0 Å². The highest BCUT2D eigenvalue weighted by Gasteiger charge is 2.48. The number of halogens is 3. The highest BCUT2D eigenvalue weighted by Crippen LogP contribution is 2.38. The lowest BCUT2D eigenvalue weighted by Gasteiger charge is -2.31. The molecule has 31 heavy (non-hydrogen) atoms. The van der Waals surface area contributed by atoms with Gasteiger partial charge in [0, 0.05) is 5.69 Å². The maximum atomic E-state index is 13.8. The number of carbonyl (C=O) groups excluding carboxylic acids is 2. The number of hydrogen-bond donors (Lipinski definition) is 1. The Morgan fingerprint density at radius 3 is 2.58 bits per heavy atom. The van der Waals surface area contributed by atoms with Crippen molar-refractivity contribution in [2.24, 2.45) is 0 Å². The molecule has 0 spiro atoms. The van der Waals surface area contributed by atoms with E-state index in [2.05, 4.69) is 15.5 Å². The molecule has 2 aromatic carbocycles. The predicted octanol–water partition coefficient (Wildman–Crippen LogP) is 3.67. The van der Waals surface area contributed by atoms with Gasteiger partial charge < -0.3 is 5.32 Å². The summed E-state index contributed by atoms with van der Waals surface area (Å²) in [5.74, 6) is -1.92. The van der Waals surface area contributed by atoms with Crippen LogP contribution in [-0.4, -0.2) is 44.5 Å². The molecule has 11 heteroatoms. The van der Waals surface area contributed by atoms with Gasteiger partial charge in [0.15, 0.2) is 5.16 Å². The molecule has 2 heterocycles. The molecule has 0 unspecified atom stereocenters. The zero-order chi connectivity index (χ0) is 22.0. The van der Waals surface area contributed by atoms with Gasteiger partial charge >= 0.3 is 6.18 Å². The number of aromatic nitrogens is 3. The van der Waals surface area contributed by atoms with E-state index in [0.717, 1.165) is 17.4 Å². The van der Waals surface area contributed by atoms with Gasteiger partial charge in [-0.1, -0.05) is 42.1 Å². The Labute approximate surface area is 179 Å². The van der Waals surface area contributed by atoms with Crippen molar-refractivity contribution < 1.29 is 22.8 Å². The number of thioether (sulfide) groups is 1. The Kier molecular flexibility index (Phi) is 5.68. The molecule has 1 N–H and O–H groups in total. The number of nitrogens with one attached hydrogen (secondary N) is 1. The third-order valence-corrected chi connectivity index (χ3v) is 5.58. The smallest absolute Gasteiger partial charge is 0.324 e. The first-order chi connectivity index (χ1) is 14.8. The average molecular weight is 447 g/mol. The second-order valence-corrected chi connectivity index (χ2v) is 7.64. The first kappa shape index (κ1) is 20.9. The van der Waals surface area contributed by atoms with Crippen LogP contribution in [0.1, 0.15) is 6.42 Å². The third-order valence-electron chi connectivity index (χ3n) is 4.65. The van der Waals surface area contributed by atoms with Crippen LogP contribution in [0.15, 0.2) is 66.1 Å². The van der Waals surface area contributed by atoms with Gasteiger partial charge in [-0.15, -0.1) is 10.2 Å². The molecule has 3 aromatic rings. The maximum absolute atomic E-state index is 13.8. The highest BCUT2D eigenvalue weighted by molar-refractivity contribution is 7.99. The molecule has 0 saturated carbocycles. The van der Waals surface area contributed by atoms with Crippen molar-refractivity contribution in [1.82, 2.24) is 14.8 Å². The summed E-state index contributed by atoms with van der Waals surface area (Å²) in [6.45, 7) is 0. The minimum Gasteiger partial charge on any atom is -0.324 e. The summed E-state index contributed by atoms with van der Waals surface area (Å²) < 4.78 is 43.0. The SMILES string of the molecule is O=C1C[C@@H](C(F)(F)F)N(C(=O)CSc2nncn2-c2ccccc2)c2ccccc2N1. The highest BCUT2D eigenvalue weighted by atomic mass is 32.2. The summed E-state index contributed by atoms with van der Waals surface area (Å²) in [5, 5.41) is 10.6. The van der Waals surface area contributed by atoms with Gasteiger partial charge in [-0.05, 0) is 24.3 Å². The van der Waals surface area contributed by atoms with Gasteiger partial charge in [0.2, 0.25) is 11.8 Å². The van der Waals surface area contributed by atoms with Crippen molar-refractivity contribution in [3.63, 3.8) is 0 Å². The van der Waals surface area contributed by atoms with Crippen molar-refractivity contribution in [3.8, 4) is 5.69 Å². The molecule has 0 aliphatic carbocycles. The number of hydrogen-bond acceptors (Lipinski definition) is 5. The van der Waals surface area contributed by atoms with Crippen LogP contribution in [0.25, 0.3) is 5.69 Å². The Morgan fingerprint density at radius 1 is 1.13 bits per heavy atom. The quantitative estimate of drug-likeness (QED) is 0.618. The van der Waals surface area contributed by atoms with Crippen LogP contribution in [0.5, 0.6) is 0 Å². The van der Waals surface area contributed by atoms with Crippen molar-refractivity contribution in [2.45, 2.75) is 23.8 Å². The van der Waals surface area contributed by atoms with Gasteiger partial charge in [-0.3, -0.25) is 19.1 Å². The molecule has 1 atom stereocenters. The van der Waals surface area contributed by atoms with E-state index in [1.807, 2.05) is 30.3 Å². The number of benzene rings is 2. The van der Waals surface area contributed by atoms with E-state index in [1.54, 1.807) is 10.6 Å². The van der Waals surface area contributed by atoms with Crippen molar-refractivity contribution in [3.05, 3.63) is 60.9 Å². The van der Waals surface area contributed by atoms with E-state index in [4.69, 9.17) is 0 Å². The fraction of sp³-hybridized carbons (Fsp3) is 0.200. The van der Waals surface area contributed by atoms with Gasteiger partial charge in [0.1, 0.15) is 12.4 Å². The van der Waals surface area contributed by atoms with Crippen molar-refractivity contribution in [1.29, 1.82) is 0 Å². The van der Waals surface area contributed by atoms with E-state index < -0.39 is 30.5 Å². The fourth-order valence-corrected chi connectivity index (χ4v) is 4.07. The van der Waals surface area contributed by atoms with Crippen LogP contribution >= 0.6 is 11.8 Å². The second kappa shape index (κ2) is 8.42. The summed E-state index contributed by atoms with van der Waals surface area (Å²) >= 11 is 0.971. The third kappa shape index (κ3) is 4.41. The summed E-state index contributed by atoms with van der Waals surface area (Å²) in [4.78, 5) is 25.7. The lowest BCUT2D eigenvalue weighted by molar-refractivity contribution is -0.157. The number of nitrogens with zero attached hydrogens (tertiary/aromatic N) is 4. The molecule has 2 amide bonds. The van der Waals surface area contributed by atoms with Crippen LogP contribution in [-0.2, 0) is 9.59 Å². The van der Waals surface area contributed by atoms with E-state index in [1.165, 1.54) is 24.5 Å². The number of fused-ring (bicyclic) bond motifs is 1. The Bertz CT molecular complexity index is 1100. The topological polar surface area (TPSA) is 80.1 Å².